The number of nitriles is 1. The Balaban J connectivity index is 1.94. The number of aromatic amines is 1. The number of rotatable bonds is 2. The van der Waals surface area contributed by atoms with Gasteiger partial charge in [0.2, 0.25) is 5.82 Å². The van der Waals surface area contributed by atoms with Crippen LogP contribution in [0.5, 0.6) is 0 Å². The minimum atomic E-state index is 0.232. The quantitative estimate of drug-likeness (QED) is 0.788. The number of aromatic nitrogens is 3. The average Bonchev–Trinajstić information content (AvgIpc) is 2.88. The smallest absolute Gasteiger partial charge is 0.234 e. The molecule has 3 rings (SSSR count). The molecule has 0 aliphatic carbocycles. The van der Waals surface area contributed by atoms with Gasteiger partial charge in [-0.15, -0.1) is 0 Å². The van der Waals surface area contributed by atoms with Crippen LogP contribution < -0.4 is 5.32 Å². The molecule has 0 atom stereocenters. The fourth-order valence-electron chi connectivity index (χ4n) is 2.26. The van der Waals surface area contributed by atoms with E-state index in [2.05, 4.69) is 25.2 Å². The summed E-state index contributed by atoms with van der Waals surface area (Å²) in [5.74, 6) is 0.232. The van der Waals surface area contributed by atoms with Crippen LogP contribution in [0.25, 0.3) is 11.0 Å². The molecular formula is C12H14N6. The topological polar surface area (TPSA) is 80.6 Å². The van der Waals surface area contributed by atoms with E-state index in [-0.39, 0.29) is 5.82 Å². The zero-order chi connectivity index (χ0) is 12.4. The highest BCUT2D eigenvalue weighted by molar-refractivity contribution is 5.78. The van der Waals surface area contributed by atoms with Crippen LogP contribution in [0.3, 0.4) is 0 Å². The van der Waals surface area contributed by atoms with Gasteiger partial charge in [-0.3, -0.25) is 4.90 Å². The molecule has 0 spiro atoms. The van der Waals surface area contributed by atoms with E-state index in [1.54, 1.807) is 0 Å². The van der Waals surface area contributed by atoms with E-state index in [9.17, 15) is 0 Å². The third-order valence-corrected chi connectivity index (χ3v) is 3.18. The predicted molar refractivity (Wildman–Crippen MR) is 66.8 cm³/mol. The second kappa shape index (κ2) is 4.72. The molecule has 3 heterocycles. The fraction of sp³-hybridized carbons (Fsp3) is 0.417. The van der Waals surface area contributed by atoms with E-state index in [0.29, 0.717) is 0 Å². The Morgan fingerprint density at radius 3 is 2.94 bits per heavy atom. The lowest BCUT2D eigenvalue weighted by Crippen LogP contribution is -2.43. The van der Waals surface area contributed by atoms with Gasteiger partial charge in [0.05, 0.1) is 5.69 Å². The fourth-order valence-corrected chi connectivity index (χ4v) is 2.26. The lowest BCUT2D eigenvalue weighted by Gasteiger charge is -2.26. The summed E-state index contributed by atoms with van der Waals surface area (Å²) in [6, 6.07) is 3.98. The van der Waals surface area contributed by atoms with Crippen molar-refractivity contribution in [3.8, 4) is 6.07 Å². The molecular weight excluding hydrogens is 228 g/mol. The number of hydrogen-bond donors (Lipinski definition) is 2. The van der Waals surface area contributed by atoms with Crippen LogP contribution in [0.1, 0.15) is 11.5 Å². The van der Waals surface area contributed by atoms with E-state index in [4.69, 9.17) is 5.26 Å². The van der Waals surface area contributed by atoms with Crippen LogP contribution in [0.2, 0.25) is 0 Å². The van der Waals surface area contributed by atoms with Gasteiger partial charge in [-0.25, -0.2) is 9.97 Å². The van der Waals surface area contributed by atoms with Gasteiger partial charge in [0.1, 0.15) is 11.7 Å². The molecule has 6 nitrogen and oxygen atoms in total. The Bertz CT molecular complexity index is 590. The second-order valence-corrected chi connectivity index (χ2v) is 4.37. The zero-order valence-electron chi connectivity index (χ0n) is 9.98. The van der Waals surface area contributed by atoms with Crippen molar-refractivity contribution < 1.29 is 0 Å². The van der Waals surface area contributed by atoms with E-state index in [1.807, 2.05) is 18.3 Å². The summed E-state index contributed by atoms with van der Waals surface area (Å²) in [4.78, 5) is 13.9. The lowest BCUT2D eigenvalue weighted by molar-refractivity contribution is 0.231. The highest BCUT2D eigenvalue weighted by Gasteiger charge is 2.14. The first-order chi connectivity index (χ1) is 8.86. The van der Waals surface area contributed by atoms with Gasteiger partial charge in [0.15, 0.2) is 0 Å². The van der Waals surface area contributed by atoms with Gasteiger partial charge in [-0.2, -0.15) is 5.26 Å². The summed E-state index contributed by atoms with van der Waals surface area (Å²) in [7, 11) is 0. The minimum absolute atomic E-state index is 0.232. The van der Waals surface area contributed by atoms with Crippen LogP contribution in [0.15, 0.2) is 12.3 Å². The highest BCUT2D eigenvalue weighted by atomic mass is 15.2. The molecule has 0 amide bonds. The summed E-state index contributed by atoms with van der Waals surface area (Å²) < 4.78 is 0. The first-order valence-electron chi connectivity index (χ1n) is 6.04. The van der Waals surface area contributed by atoms with Crippen molar-refractivity contribution in [1.82, 2.24) is 25.2 Å². The Labute approximate surface area is 105 Å². The molecule has 1 aliphatic heterocycles. The first kappa shape index (κ1) is 11.1. The van der Waals surface area contributed by atoms with Crippen molar-refractivity contribution in [2.24, 2.45) is 0 Å². The summed E-state index contributed by atoms with van der Waals surface area (Å²) in [5, 5.41) is 13.3. The third kappa shape index (κ3) is 2.06. The summed E-state index contributed by atoms with van der Waals surface area (Å²) in [6.45, 7) is 4.81. The molecule has 2 aromatic heterocycles. The van der Waals surface area contributed by atoms with Crippen molar-refractivity contribution in [1.29, 1.82) is 5.26 Å². The highest BCUT2D eigenvalue weighted by Crippen LogP contribution is 2.16. The molecule has 2 aromatic rings. The molecule has 1 saturated heterocycles. The molecule has 1 fully saturated rings. The van der Waals surface area contributed by atoms with Crippen LogP contribution in [0.4, 0.5) is 0 Å². The SMILES string of the molecule is N#Cc1nc(CN2CCNCC2)c2cc[nH]c2n1. The standard InChI is InChI=1S/C12H14N6/c13-7-11-16-10(8-18-5-3-14-4-6-18)9-1-2-15-12(9)17-11/h1-2,14H,3-6,8H2,(H,15,16,17). The molecule has 0 bridgehead atoms. The number of piperazine rings is 1. The molecule has 92 valence electrons. The first-order valence-corrected chi connectivity index (χ1v) is 6.04. The molecule has 1 aliphatic rings. The van der Waals surface area contributed by atoms with Crippen molar-refractivity contribution in [2.75, 3.05) is 26.2 Å². The van der Waals surface area contributed by atoms with E-state index < -0.39 is 0 Å². The van der Waals surface area contributed by atoms with Gasteiger partial charge < -0.3 is 10.3 Å². The van der Waals surface area contributed by atoms with Crippen LogP contribution in [0, 0.1) is 11.3 Å². The van der Waals surface area contributed by atoms with E-state index >= 15 is 0 Å². The third-order valence-electron chi connectivity index (χ3n) is 3.18. The van der Waals surface area contributed by atoms with Crippen LogP contribution in [-0.2, 0) is 6.54 Å². The van der Waals surface area contributed by atoms with Crippen molar-refractivity contribution >= 4 is 11.0 Å². The van der Waals surface area contributed by atoms with Gasteiger partial charge in [-0.05, 0) is 6.07 Å². The molecule has 0 radical (unpaired) electrons. The molecule has 0 saturated carbocycles. The molecule has 18 heavy (non-hydrogen) atoms. The van der Waals surface area contributed by atoms with E-state index in [1.165, 1.54) is 0 Å². The summed E-state index contributed by atoms with van der Waals surface area (Å²) in [6.07, 6.45) is 1.84. The summed E-state index contributed by atoms with van der Waals surface area (Å²) >= 11 is 0. The number of nitrogens with one attached hydrogen (secondary N) is 2. The van der Waals surface area contributed by atoms with Crippen LogP contribution >= 0.6 is 0 Å². The van der Waals surface area contributed by atoms with Crippen molar-refractivity contribution in [3.05, 3.63) is 23.8 Å². The Kier molecular flexibility index (Phi) is 2.92. The van der Waals surface area contributed by atoms with Gasteiger partial charge in [0.25, 0.3) is 0 Å². The zero-order valence-corrected chi connectivity index (χ0v) is 9.98. The maximum absolute atomic E-state index is 8.95. The number of hydrogen-bond acceptors (Lipinski definition) is 5. The van der Waals surface area contributed by atoms with Crippen molar-refractivity contribution in [2.45, 2.75) is 6.54 Å². The number of nitrogens with zero attached hydrogens (tertiary/aromatic N) is 4. The molecule has 0 unspecified atom stereocenters. The largest absolute Gasteiger partial charge is 0.346 e. The lowest BCUT2D eigenvalue weighted by atomic mass is 10.2. The number of H-pyrrole nitrogens is 1. The molecule has 2 N–H and O–H groups in total. The average molecular weight is 242 g/mol. The Morgan fingerprint density at radius 2 is 2.17 bits per heavy atom. The summed E-state index contributed by atoms with van der Waals surface area (Å²) in [5.41, 5.74) is 1.67. The maximum Gasteiger partial charge on any atom is 0.234 e. The Morgan fingerprint density at radius 1 is 1.33 bits per heavy atom. The molecule has 6 heteroatoms. The maximum atomic E-state index is 8.95. The normalized spacial score (nSPS) is 16.8. The van der Waals surface area contributed by atoms with Gasteiger partial charge in [-0.1, -0.05) is 0 Å². The Hall–Kier alpha value is -1.97. The van der Waals surface area contributed by atoms with Crippen LogP contribution in [-0.4, -0.2) is 46.0 Å². The van der Waals surface area contributed by atoms with Gasteiger partial charge in [0, 0.05) is 44.3 Å². The molecule has 0 aromatic carbocycles. The van der Waals surface area contributed by atoms with Crippen molar-refractivity contribution in [3.63, 3.8) is 0 Å². The second-order valence-electron chi connectivity index (χ2n) is 4.37. The minimum Gasteiger partial charge on any atom is -0.346 e. The number of fused-ring (bicyclic) bond motifs is 1. The predicted octanol–water partition coefficient (Wildman–Crippen LogP) is 0.235. The van der Waals surface area contributed by atoms with Gasteiger partial charge >= 0.3 is 0 Å². The monoisotopic (exact) mass is 242 g/mol. The van der Waals surface area contributed by atoms with E-state index in [0.717, 1.165) is 49.5 Å².